The maximum atomic E-state index is 12.6. The van der Waals surface area contributed by atoms with E-state index in [4.69, 9.17) is 0 Å². The van der Waals surface area contributed by atoms with Crippen LogP contribution in [-0.2, 0) is 24.8 Å². The van der Waals surface area contributed by atoms with Gasteiger partial charge in [-0.15, -0.1) is 10.2 Å². The van der Waals surface area contributed by atoms with Gasteiger partial charge in [0.1, 0.15) is 6.33 Å². The van der Waals surface area contributed by atoms with Crippen LogP contribution in [0.1, 0.15) is 18.1 Å². The minimum absolute atomic E-state index is 0.0790. The number of hydrogen-bond acceptors (Lipinski definition) is 5. The monoisotopic (exact) mass is 345 g/mol. The molecule has 0 radical (unpaired) electrons. The summed E-state index contributed by atoms with van der Waals surface area (Å²) >= 11 is 1.60. The maximum Gasteiger partial charge on any atom is 0.237 e. The first kappa shape index (κ1) is 17.0. The molecule has 3 rings (SSSR count). The largest absolute Gasteiger partial charge is 0.354 e. The van der Waals surface area contributed by atoms with Crippen LogP contribution >= 0.6 is 11.8 Å². The third-order valence-corrected chi connectivity index (χ3v) is 5.39. The average molecular weight is 345 g/mol. The second-order valence-corrected chi connectivity index (χ2v) is 6.98. The van der Waals surface area contributed by atoms with Gasteiger partial charge in [-0.2, -0.15) is 0 Å². The summed E-state index contributed by atoms with van der Waals surface area (Å²) in [5, 5.41) is 11.8. The van der Waals surface area contributed by atoms with Crippen LogP contribution in [0.25, 0.3) is 0 Å². The Morgan fingerprint density at radius 2 is 2.17 bits per heavy atom. The van der Waals surface area contributed by atoms with Gasteiger partial charge in [0.25, 0.3) is 0 Å². The molecule has 1 N–H and O–H groups in total. The Bertz CT molecular complexity index is 702. The highest BCUT2D eigenvalue weighted by atomic mass is 32.2. The molecule has 7 heteroatoms. The van der Waals surface area contributed by atoms with Crippen molar-refractivity contribution >= 4 is 17.7 Å². The molecule has 1 aromatic carbocycles. The van der Waals surface area contributed by atoms with Crippen molar-refractivity contribution in [2.24, 2.45) is 7.05 Å². The number of carbonyl (C=O) groups excluding carboxylic acids is 1. The van der Waals surface area contributed by atoms with Gasteiger partial charge in [0.15, 0.2) is 5.16 Å². The summed E-state index contributed by atoms with van der Waals surface area (Å²) in [4.78, 5) is 14.9. The van der Waals surface area contributed by atoms with Gasteiger partial charge in [-0.1, -0.05) is 43.0 Å². The van der Waals surface area contributed by atoms with Crippen LogP contribution in [0, 0.1) is 0 Å². The Morgan fingerprint density at radius 3 is 2.88 bits per heavy atom. The predicted octanol–water partition coefficient (Wildman–Crippen LogP) is 1.47. The second kappa shape index (κ2) is 7.81. The minimum Gasteiger partial charge on any atom is -0.354 e. The van der Waals surface area contributed by atoms with Crippen LogP contribution in [0.2, 0.25) is 0 Å². The molecule has 1 aliphatic rings. The van der Waals surface area contributed by atoms with Gasteiger partial charge >= 0.3 is 0 Å². The van der Waals surface area contributed by atoms with Crippen molar-refractivity contribution in [3.63, 3.8) is 0 Å². The van der Waals surface area contributed by atoms with Crippen LogP contribution in [0.15, 0.2) is 35.7 Å². The third kappa shape index (κ3) is 3.79. The maximum absolute atomic E-state index is 12.6. The zero-order valence-electron chi connectivity index (χ0n) is 14.1. The third-order valence-electron chi connectivity index (χ3n) is 4.36. The Kier molecular flexibility index (Phi) is 5.52. The highest BCUT2D eigenvalue weighted by Gasteiger charge is 2.30. The number of nitrogens with zero attached hydrogens (tertiary/aromatic N) is 4. The SMILES string of the molecule is CCN1Cc2ccccc2C[C@@H]1C(=O)NCCSc1nncn1C. The molecule has 0 aliphatic carbocycles. The van der Waals surface area contributed by atoms with Crippen LogP contribution in [-0.4, -0.2) is 50.5 Å². The first-order chi connectivity index (χ1) is 11.7. The van der Waals surface area contributed by atoms with E-state index in [1.165, 1.54) is 11.1 Å². The van der Waals surface area contributed by atoms with E-state index in [-0.39, 0.29) is 11.9 Å². The molecule has 2 aromatic rings. The van der Waals surface area contributed by atoms with Crippen LogP contribution in [0.3, 0.4) is 0 Å². The predicted molar refractivity (Wildman–Crippen MR) is 94.8 cm³/mol. The number of fused-ring (bicyclic) bond motifs is 1. The second-order valence-electron chi connectivity index (χ2n) is 5.92. The van der Waals surface area contributed by atoms with E-state index < -0.39 is 0 Å². The smallest absolute Gasteiger partial charge is 0.237 e. The van der Waals surface area contributed by atoms with E-state index in [1.807, 2.05) is 17.7 Å². The Labute approximate surface area is 146 Å². The fourth-order valence-corrected chi connectivity index (χ4v) is 3.75. The zero-order valence-corrected chi connectivity index (χ0v) is 14.9. The normalized spacial score (nSPS) is 17.5. The first-order valence-electron chi connectivity index (χ1n) is 8.24. The number of carbonyl (C=O) groups is 1. The number of thioether (sulfide) groups is 1. The van der Waals surface area contributed by atoms with Crippen molar-refractivity contribution in [3.05, 3.63) is 41.7 Å². The van der Waals surface area contributed by atoms with Gasteiger partial charge in [-0.25, -0.2) is 0 Å². The standard InChI is InChI=1S/C17H23N5OS/c1-3-22-11-14-7-5-4-6-13(14)10-15(22)16(23)18-8-9-24-17-20-19-12-21(17)2/h4-7,12,15H,3,8-11H2,1-2H3,(H,18,23)/t15-/m1/s1. The fourth-order valence-electron chi connectivity index (χ4n) is 3.01. The molecule has 1 amide bonds. The lowest BCUT2D eigenvalue weighted by Gasteiger charge is -2.35. The number of aryl methyl sites for hydroxylation is 1. The number of hydrogen-bond donors (Lipinski definition) is 1. The van der Waals surface area contributed by atoms with Gasteiger partial charge in [0.05, 0.1) is 6.04 Å². The van der Waals surface area contributed by atoms with Gasteiger partial charge in [0, 0.05) is 25.9 Å². The lowest BCUT2D eigenvalue weighted by molar-refractivity contribution is -0.126. The topological polar surface area (TPSA) is 63.1 Å². The summed E-state index contributed by atoms with van der Waals surface area (Å²) in [5.74, 6) is 0.901. The van der Waals surface area contributed by atoms with Crippen molar-refractivity contribution in [1.82, 2.24) is 25.0 Å². The molecule has 1 aromatic heterocycles. The molecule has 128 valence electrons. The molecule has 0 fully saturated rings. The Hall–Kier alpha value is -1.86. The van der Waals surface area contributed by atoms with Crippen molar-refractivity contribution in [2.75, 3.05) is 18.8 Å². The van der Waals surface area contributed by atoms with Gasteiger partial charge in [0.2, 0.25) is 5.91 Å². The van der Waals surface area contributed by atoms with Crippen molar-refractivity contribution in [3.8, 4) is 0 Å². The number of nitrogens with one attached hydrogen (secondary N) is 1. The fraction of sp³-hybridized carbons (Fsp3) is 0.471. The first-order valence-corrected chi connectivity index (χ1v) is 9.23. The zero-order chi connectivity index (χ0) is 16.9. The van der Waals surface area contributed by atoms with Crippen LogP contribution in [0.5, 0.6) is 0 Å². The average Bonchev–Trinajstić information content (AvgIpc) is 3.02. The van der Waals surface area contributed by atoms with Gasteiger partial charge in [-0.05, 0) is 24.1 Å². The minimum atomic E-state index is -0.0790. The van der Waals surface area contributed by atoms with Gasteiger partial charge < -0.3 is 9.88 Å². The molecular formula is C17H23N5OS. The Morgan fingerprint density at radius 1 is 1.38 bits per heavy atom. The highest BCUT2D eigenvalue weighted by Crippen LogP contribution is 2.23. The van der Waals surface area contributed by atoms with E-state index in [2.05, 4.69) is 45.5 Å². The molecule has 1 atom stereocenters. The molecule has 0 bridgehead atoms. The lowest BCUT2D eigenvalue weighted by Crippen LogP contribution is -2.50. The molecule has 0 spiro atoms. The molecule has 2 heterocycles. The molecule has 6 nitrogen and oxygen atoms in total. The molecular weight excluding hydrogens is 322 g/mol. The molecule has 1 aliphatic heterocycles. The quantitative estimate of drug-likeness (QED) is 0.634. The van der Waals surface area contributed by atoms with E-state index in [0.717, 1.165) is 30.4 Å². The Balaban J connectivity index is 1.53. The number of likely N-dealkylation sites (N-methyl/N-ethyl adjacent to an activating group) is 1. The number of aromatic nitrogens is 3. The molecule has 0 saturated carbocycles. The van der Waals surface area contributed by atoms with E-state index in [0.29, 0.717) is 6.54 Å². The van der Waals surface area contributed by atoms with Crippen molar-refractivity contribution in [2.45, 2.75) is 31.1 Å². The molecule has 24 heavy (non-hydrogen) atoms. The number of benzene rings is 1. The van der Waals surface area contributed by atoms with Crippen molar-refractivity contribution in [1.29, 1.82) is 0 Å². The highest BCUT2D eigenvalue weighted by molar-refractivity contribution is 7.99. The van der Waals surface area contributed by atoms with Gasteiger partial charge in [-0.3, -0.25) is 9.69 Å². The van der Waals surface area contributed by atoms with E-state index >= 15 is 0 Å². The van der Waals surface area contributed by atoms with Crippen LogP contribution < -0.4 is 5.32 Å². The molecule has 0 saturated heterocycles. The summed E-state index contributed by atoms with van der Waals surface area (Å²) in [5.41, 5.74) is 2.62. The van der Waals surface area contributed by atoms with E-state index in [1.54, 1.807) is 18.1 Å². The van der Waals surface area contributed by atoms with Crippen LogP contribution in [0.4, 0.5) is 0 Å². The summed E-state index contributed by atoms with van der Waals surface area (Å²) in [6.07, 6.45) is 2.46. The number of amides is 1. The molecule has 0 unspecified atom stereocenters. The lowest BCUT2D eigenvalue weighted by atomic mass is 9.93. The number of rotatable bonds is 6. The summed E-state index contributed by atoms with van der Waals surface area (Å²) < 4.78 is 1.88. The summed E-state index contributed by atoms with van der Waals surface area (Å²) in [6, 6.07) is 8.32. The van der Waals surface area contributed by atoms with Crippen molar-refractivity contribution < 1.29 is 4.79 Å². The summed E-state index contributed by atoms with van der Waals surface area (Å²) in [6.45, 7) is 4.46. The van der Waals surface area contributed by atoms with E-state index in [9.17, 15) is 4.79 Å². The summed E-state index contributed by atoms with van der Waals surface area (Å²) in [7, 11) is 1.92.